The van der Waals surface area contributed by atoms with Crippen molar-refractivity contribution in [3.05, 3.63) is 54.0 Å². The maximum absolute atomic E-state index is 5.69. The average Bonchev–Trinajstić information content (AvgIpc) is 3.26. The van der Waals surface area contributed by atoms with Crippen LogP contribution in [0.5, 0.6) is 5.88 Å². The zero-order chi connectivity index (χ0) is 13.4. The highest BCUT2D eigenvalue weighted by Crippen LogP contribution is 2.43. The van der Waals surface area contributed by atoms with Crippen LogP contribution in [0.3, 0.4) is 0 Å². The van der Waals surface area contributed by atoms with E-state index in [1.54, 1.807) is 6.20 Å². The molecule has 0 radical (unpaired) electrons. The van der Waals surface area contributed by atoms with Crippen molar-refractivity contribution >= 4 is 11.0 Å². The molecular weight excluding hydrogens is 250 g/mol. The van der Waals surface area contributed by atoms with E-state index in [1.165, 1.54) is 23.8 Å². The van der Waals surface area contributed by atoms with Crippen molar-refractivity contribution in [2.24, 2.45) is 0 Å². The van der Waals surface area contributed by atoms with Crippen LogP contribution in [-0.2, 0) is 6.61 Å². The number of H-pyrrole nitrogens is 1. The minimum Gasteiger partial charge on any atom is -0.471 e. The lowest BCUT2D eigenvalue weighted by Gasteiger charge is -2.04. The number of rotatable bonds is 4. The highest BCUT2D eigenvalue weighted by molar-refractivity contribution is 5.81. The van der Waals surface area contributed by atoms with Gasteiger partial charge in [-0.1, -0.05) is 6.07 Å². The fourth-order valence-corrected chi connectivity index (χ4v) is 2.45. The van der Waals surface area contributed by atoms with Gasteiger partial charge in [0.2, 0.25) is 5.88 Å². The second-order valence-corrected chi connectivity index (χ2v) is 5.17. The van der Waals surface area contributed by atoms with Crippen LogP contribution >= 0.6 is 0 Å². The molecule has 0 spiro atoms. The van der Waals surface area contributed by atoms with Crippen LogP contribution in [0.25, 0.3) is 11.0 Å². The third-order valence-electron chi connectivity index (χ3n) is 3.66. The summed E-state index contributed by atoms with van der Waals surface area (Å²) in [6.45, 7) is 0.440. The summed E-state index contributed by atoms with van der Waals surface area (Å²) in [6.07, 6.45) is 6.44. The lowest BCUT2D eigenvalue weighted by atomic mass is 10.1. The van der Waals surface area contributed by atoms with Crippen LogP contribution in [0, 0.1) is 0 Å². The molecule has 4 nitrogen and oxygen atoms in total. The molecule has 3 aromatic heterocycles. The Labute approximate surface area is 116 Å². The quantitative estimate of drug-likeness (QED) is 0.786. The van der Waals surface area contributed by atoms with Gasteiger partial charge >= 0.3 is 0 Å². The Morgan fingerprint density at radius 3 is 2.95 bits per heavy atom. The standard InChI is InChI=1S/C16H15N3O/c1-2-8-17-12(3-1)10-20-15-7-6-13-14(11-4-5-11)9-18-16(13)19-15/h1-3,6-9,11H,4-5,10H2,(H,18,19). The molecule has 3 heterocycles. The molecule has 1 aliphatic rings. The zero-order valence-corrected chi connectivity index (χ0v) is 11.0. The van der Waals surface area contributed by atoms with Crippen LogP contribution in [0.15, 0.2) is 42.7 Å². The van der Waals surface area contributed by atoms with Crippen molar-refractivity contribution in [1.29, 1.82) is 0 Å². The van der Waals surface area contributed by atoms with E-state index in [9.17, 15) is 0 Å². The van der Waals surface area contributed by atoms with Crippen LogP contribution in [0.2, 0.25) is 0 Å². The van der Waals surface area contributed by atoms with E-state index in [0.717, 1.165) is 17.3 Å². The molecule has 3 aromatic rings. The Morgan fingerprint density at radius 1 is 1.20 bits per heavy atom. The first-order chi connectivity index (χ1) is 9.90. The number of hydrogen-bond donors (Lipinski definition) is 1. The normalized spacial score (nSPS) is 14.6. The average molecular weight is 265 g/mol. The van der Waals surface area contributed by atoms with Gasteiger partial charge in [-0.05, 0) is 42.5 Å². The molecule has 1 N–H and O–H groups in total. The predicted octanol–water partition coefficient (Wildman–Crippen LogP) is 3.41. The van der Waals surface area contributed by atoms with Crippen molar-refractivity contribution in [2.75, 3.05) is 0 Å². The van der Waals surface area contributed by atoms with Crippen LogP contribution in [-0.4, -0.2) is 15.0 Å². The zero-order valence-electron chi connectivity index (χ0n) is 11.0. The minimum atomic E-state index is 0.440. The van der Waals surface area contributed by atoms with E-state index in [0.29, 0.717) is 12.5 Å². The minimum absolute atomic E-state index is 0.440. The highest BCUT2D eigenvalue weighted by atomic mass is 16.5. The van der Waals surface area contributed by atoms with E-state index < -0.39 is 0 Å². The van der Waals surface area contributed by atoms with Gasteiger partial charge in [-0.2, -0.15) is 4.98 Å². The van der Waals surface area contributed by atoms with Crippen molar-refractivity contribution in [3.63, 3.8) is 0 Å². The Morgan fingerprint density at radius 2 is 2.15 bits per heavy atom. The maximum atomic E-state index is 5.69. The fourth-order valence-electron chi connectivity index (χ4n) is 2.45. The molecule has 4 rings (SSSR count). The van der Waals surface area contributed by atoms with Crippen molar-refractivity contribution in [3.8, 4) is 5.88 Å². The third kappa shape index (κ3) is 2.13. The van der Waals surface area contributed by atoms with Crippen molar-refractivity contribution in [1.82, 2.24) is 15.0 Å². The van der Waals surface area contributed by atoms with Crippen molar-refractivity contribution < 1.29 is 4.74 Å². The van der Waals surface area contributed by atoms with Gasteiger partial charge in [0.15, 0.2) is 0 Å². The summed E-state index contributed by atoms with van der Waals surface area (Å²) in [7, 11) is 0. The van der Waals surface area contributed by atoms with Gasteiger partial charge in [0.25, 0.3) is 0 Å². The number of aromatic nitrogens is 3. The summed E-state index contributed by atoms with van der Waals surface area (Å²) < 4.78 is 5.69. The van der Waals surface area contributed by atoms with E-state index in [2.05, 4.69) is 27.2 Å². The first kappa shape index (κ1) is 11.5. The summed E-state index contributed by atoms with van der Waals surface area (Å²) in [5.74, 6) is 1.36. The fraction of sp³-hybridized carbons (Fsp3) is 0.250. The molecule has 0 amide bonds. The second kappa shape index (κ2) is 4.63. The van der Waals surface area contributed by atoms with Gasteiger partial charge in [-0.25, -0.2) is 0 Å². The lowest BCUT2D eigenvalue weighted by molar-refractivity contribution is 0.290. The second-order valence-electron chi connectivity index (χ2n) is 5.17. The Kier molecular flexibility index (Phi) is 2.66. The largest absolute Gasteiger partial charge is 0.471 e. The number of nitrogens with zero attached hydrogens (tertiary/aromatic N) is 2. The summed E-state index contributed by atoms with van der Waals surface area (Å²) in [5, 5.41) is 1.22. The third-order valence-corrected chi connectivity index (χ3v) is 3.66. The first-order valence-corrected chi connectivity index (χ1v) is 6.91. The number of fused-ring (bicyclic) bond motifs is 1. The summed E-state index contributed by atoms with van der Waals surface area (Å²) in [4.78, 5) is 12.0. The van der Waals surface area contributed by atoms with Crippen LogP contribution < -0.4 is 4.74 Å². The van der Waals surface area contributed by atoms with Gasteiger partial charge in [0.1, 0.15) is 12.3 Å². The molecule has 4 heteroatoms. The van der Waals surface area contributed by atoms with Crippen LogP contribution in [0.1, 0.15) is 30.0 Å². The molecule has 0 saturated heterocycles. The molecule has 1 fully saturated rings. The molecule has 1 aliphatic carbocycles. The highest BCUT2D eigenvalue weighted by Gasteiger charge is 2.26. The molecule has 20 heavy (non-hydrogen) atoms. The topological polar surface area (TPSA) is 50.8 Å². The summed E-state index contributed by atoms with van der Waals surface area (Å²) in [6, 6.07) is 9.82. The Balaban J connectivity index is 1.55. The van der Waals surface area contributed by atoms with Gasteiger partial charge < -0.3 is 9.72 Å². The Bertz CT molecular complexity index is 732. The van der Waals surface area contributed by atoms with E-state index in [4.69, 9.17) is 4.74 Å². The molecular formula is C16H15N3O. The van der Waals surface area contributed by atoms with Crippen LogP contribution in [0.4, 0.5) is 0 Å². The van der Waals surface area contributed by atoms with Gasteiger partial charge in [0, 0.05) is 23.8 Å². The predicted molar refractivity (Wildman–Crippen MR) is 76.6 cm³/mol. The van der Waals surface area contributed by atoms with Gasteiger partial charge in [0.05, 0.1) is 5.69 Å². The van der Waals surface area contributed by atoms with E-state index >= 15 is 0 Å². The lowest BCUT2D eigenvalue weighted by Crippen LogP contribution is -1.99. The summed E-state index contributed by atoms with van der Waals surface area (Å²) in [5.41, 5.74) is 3.20. The Hall–Kier alpha value is -2.36. The molecule has 0 aliphatic heterocycles. The smallest absolute Gasteiger partial charge is 0.215 e. The molecule has 0 atom stereocenters. The molecule has 0 bridgehead atoms. The monoisotopic (exact) mass is 265 g/mol. The van der Waals surface area contributed by atoms with Gasteiger partial charge in [-0.15, -0.1) is 0 Å². The number of nitrogens with one attached hydrogen (secondary N) is 1. The number of aromatic amines is 1. The van der Waals surface area contributed by atoms with E-state index in [-0.39, 0.29) is 0 Å². The first-order valence-electron chi connectivity index (χ1n) is 6.91. The summed E-state index contributed by atoms with van der Waals surface area (Å²) >= 11 is 0. The number of ether oxygens (including phenoxy) is 1. The van der Waals surface area contributed by atoms with Crippen molar-refractivity contribution in [2.45, 2.75) is 25.4 Å². The molecule has 0 unspecified atom stereocenters. The van der Waals surface area contributed by atoms with E-state index in [1.807, 2.05) is 24.3 Å². The van der Waals surface area contributed by atoms with Gasteiger partial charge in [-0.3, -0.25) is 4.98 Å². The number of pyridine rings is 2. The maximum Gasteiger partial charge on any atom is 0.215 e. The SMILES string of the molecule is c1ccc(COc2ccc3c(C4CC4)c[nH]c3n2)nc1. The molecule has 1 saturated carbocycles. The molecule has 0 aromatic carbocycles. The molecule has 100 valence electrons. The number of hydrogen-bond acceptors (Lipinski definition) is 3.